The summed E-state index contributed by atoms with van der Waals surface area (Å²) >= 11 is 6.16. The summed E-state index contributed by atoms with van der Waals surface area (Å²) in [5.41, 5.74) is -1.40. The number of hydrogen-bond donors (Lipinski definition) is 4. The molecule has 6 nitrogen and oxygen atoms in total. The zero-order chi connectivity index (χ0) is 23.2. The summed E-state index contributed by atoms with van der Waals surface area (Å²) in [6.45, 7) is 0. The molecule has 1 unspecified atom stereocenters. The van der Waals surface area contributed by atoms with Gasteiger partial charge < -0.3 is 15.6 Å². The molecule has 2 heterocycles. The standard InChI is InChI=1S/C20H12ClF5N4O2/c21-13-2-1-10(22)6-12(13)16-15-14(7-27-17(15)30-19(32)29-16)28-18(31)8-3-9(20(24,25)26)5-11(23)4-8/h1-7,16,27H,(H,28,31)(H2,29,30,32). The third-order valence-corrected chi connectivity index (χ3v) is 5.07. The minimum atomic E-state index is -4.85. The molecule has 3 aromatic rings. The second kappa shape index (κ2) is 7.83. The van der Waals surface area contributed by atoms with Crippen LogP contribution in [0.2, 0.25) is 5.02 Å². The first-order valence-electron chi connectivity index (χ1n) is 8.96. The number of rotatable bonds is 3. The van der Waals surface area contributed by atoms with Crippen molar-refractivity contribution in [3.05, 3.63) is 81.5 Å². The van der Waals surface area contributed by atoms with Crippen molar-refractivity contribution in [1.29, 1.82) is 0 Å². The normalized spacial score (nSPS) is 15.6. The van der Waals surface area contributed by atoms with Crippen molar-refractivity contribution in [2.45, 2.75) is 12.2 Å². The third-order valence-electron chi connectivity index (χ3n) is 4.73. The number of fused-ring (bicyclic) bond motifs is 1. The van der Waals surface area contributed by atoms with E-state index in [0.717, 1.165) is 12.1 Å². The molecule has 0 saturated carbocycles. The largest absolute Gasteiger partial charge is 0.416 e. The number of aromatic nitrogens is 1. The lowest BCUT2D eigenvalue weighted by atomic mass is 9.97. The lowest BCUT2D eigenvalue weighted by Gasteiger charge is -2.27. The highest BCUT2D eigenvalue weighted by Gasteiger charge is 2.34. The van der Waals surface area contributed by atoms with Gasteiger partial charge >= 0.3 is 12.2 Å². The monoisotopic (exact) mass is 470 g/mol. The van der Waals surface area contributed by atoms with Crippen LogP contribution in [0, 0.1) is 11.6 Å². The third kappa shape index (κ3) is 4.11. The number of halogens is 6. The lowest BCUT2D eigenvalue weighted by Crippen LogP contribution is -2.38. The van der Waals surface area contributed by atoms with E-state index in [2.05, 4.69) is 20.9 Å². The van der Waals surface area contributed by atoms with Gasteiger partial charge in [0.2, 0.25) is 0 Å². The Morgan fingerprint density at radius 3 is 2.53 bits per heavy atom. The Morgan fingerprint density at radius 2 is 1.81 bits per heavy atom. The molecule has 1 aliphatic rings. The average Bonchev–Trinajstić information content (AvgIpc) is 3.10. The van der Waals surface area contributed by atoms with E-state index in [1.54, 1.807) is 0 Å². The molecule has 4 rings (SSSR count). The van der Waals surface area contributed by atoms with Crippen molar-refractivity contribution in [1.82, 2.24) is 10.3 Å². The maximum atomic E-state index is 13.8. The highest BCUT2D eigenvalue weighted by Crippen LogP contribution is 2.40. The molecule has 0 saturated heterocycles. The summed E-state index contributed by atoms with van der Waals surface area (Å²) < 4.78 is 66.4. The van der Waals surface area contributed by atoms with E-state index in [4.69, 9.17) is 11.6 Å². The molecular formula is C20H12ClF5N4O2. The number of nitrogens with one attached hydrogen (secondary N) is 4. The molecule has 0 fully saturated rings. The number of anilines is 2. The van der Waals surface area contributed by atoms with Gasteiger partial charge in [-0.3, -0.25) is 10.1 Å². The van der Waals surface area contributed by atoms with E-state index in [1.165, 1.54) is 12.3 Å². The molecule has 12 heteroatoms. The van der Waals surface area contributed by atoms with Crippen LogP contribution in [0.5, 0.6) is 0 Å². The average molecular weight is 471 g/mol. The quantitative estimate of drug-likeness (QED) is 0.384. The SMILES string of the molecule is O=C1Nc2[nH]cc(NC(=O)c3cc(F)cc(C(F)(F)F)c3)c2C(c2cc(F)ccc2Cl)N1. The van der Waals surface area contributed by atoms with Crippen LogP contribution in [0.4, 0.5) is 38.3 Å². The number of amides is 3. The molecule has 2 aromatic carbocycles. The van der Waals surface area contributed by atoms with Gasteiger partial charge in [0.1, 0.15) is 17.5 Å². The van der Waals surface area contributed by atoms with Gasteiger partial charge in [-0.1, -0.05) is 11.6 Å². The molecule has 3 amide bonds. The van der Waals surface area contributed by atoms with Gasteiger partial charge in [-0.05, 0) is 36.4 Å². The molecule has 1 aromatic heterocycles. The molecule has 166 valence electrons. The van der Waals surface area contributed by atoms with Crippen LogP contribution < -0.4 is 16.0 Å². The highest BCUT2D eigenvalue weighted by atomic mass is 35.5. The van der Waals surface area contributed by atoms with Gasteiger partial charge in [0.05, 0.1) is 17.3 Å². The lowest BCUT2D eigenvalue weighted by molar-refractivity contribution is -0.137. The predicted molar refractivity (Wildman–Crippen MR) is 106 cm³/mol. The minimum Gasteiger partial charge on any atom is -0.346 e. The number of alkyl halides is 3. The van der Waals surface area contributed by atoms with Gasteiger partial charge in [0.15, 0.2) is 0 Å². The number of carbonyl (C=O) groups is 2. The number of aromatic amines is 1. The summed E-state index contributed by atoms with van der Waals surface area (Å²) in [7, 11) is 0. The van der Waals surface area contributed by atoms with E-state index >= 15 is 0 Å². The van der Waals surface area contributed by atoms with Crippen LogP contribution in [-0.4, -0.2) is 16.9 Å². The Morgan fingerprint density at radius 1 is 1.06 bits per heavy atom. The first kappa shape index (κ1) is 21.6. The minimum absolute atomic E-state index is 0.0562. The van der Waals surface area contributed by atoms with Crippen molar-refractivity contribution >= 4 is 35.0 Å². The Balaban J connectivity index is 1.72. The Bertz CT molecular complexity index is 1240. The first-order chi connectivity index (χ1) is 15.0. The van der Waals surface area contributed by atoms with Crippen LogP contribution in [0.15, 0.2) is 42.6 Å². The Labute approximate surface area is 181 Å². The fourth-order valence-electron chi connectivity index (χ4n) is 3.34. The molecule has 1 atom stereocenters. The zero-order valence-electron chi connectivity index (χ0n) is 15.7. The van der Waals surface area contributed by atoms with Crippen LogP contribution >= 0.6 is 11.6 Å². The van der Waals surface area contributed by atoms with E-state index < -0.39 is 46.9 Å². The molecule has 0 aliphatic carbocycles. The van der Waals surface area contributed by atoms with E-state index in [1.807, 2.05) is 0 Å². The van der Waals surface area contributed by atoms with Gasteiger partial charge in [0, 0.05) is 27.9 Å². The maximum Gasteiger partial charge on any atom is 0.416 e. The topological polar surface area (TPSA) is 86.0 Å². The zero-order valence-corrected chi connectivity index (χ0v) is 16.5. The van der Waals surface area contributed by atoms with Gasteiger partial charge in [0.25, 0.3) is 5.91 Å². The Hall–Kier alpha value is -3.60. The second-order valence-electron chi connectivity index (χ2n) is 6.87. The molecule has 0 radical (unpaired) electrons. The smallest absolute Gasteiger partial charge is 0.346 e. The van der Waals surface area contributed by atoms with Gasteiger partial charge in [-0.15, -0.1) is 0 Å². The number of hydrogen-bond acceptors (Lipinski definition) is 2. The van der Waals surface area contributed by atoms with E-state index in [-0.39, 0.29) is 33.7 Å². The summed E-state index contributed by atoms with van der Waals surface area (Å²) in [6.07, 6.45) is -3.57. The summed E-state index contributed by atoms with van der Waals surface area (Å²) in [5, 5.41) is 7.53. The summed E-state index contributed by atoms with van der Waals surface area (Å²) in [6, 6.07) is 3.32. The van der Waals surface area contributed by atoms with Gasteiger partial charge in [-0.2, -0.15) is 13.2 Å². The van der Waals surface area contributed by atoms with Crippen molar-refractivity contribution in [2.75, 3.05) is 10.6 Å². The summed E-state index contributed by atoms with van der Waals surface area (Å²) in [5.74, 6) is -2.74. The molecular weight excluding hydrogens is 459 g/mol. The van der Waals surface area contributed by atoms with Crippen LogP contribution in [0.3, 0.4) is 0 Å². The molecule has 1 aliphatic heterocycles. The summed E-state index contributed by atoms with van der Waals surface area (Å²) in [4.78, 5) is 27.3. The maximum absolute atomic E-state index is 13.8. The van der Waals surface area contributed by atoms with Gasteiger partial charge in [-0.25, -0.2) is 13.6 Å². The highest BCUT2D eigenvalue weighted by molar-refractivity contribution is 6.31. The van der Waals surface area contributed by atoms with E-state index in [0.29, 0.717) is 12.1 Å². The van der Waals surface area contributed by atoms with Crippen LogP contribution in [0.1, 0.15) is 33.1 Å². The molecule has 0 spiro atoms. The predicted octanol–water partition coefficient (Wildman–Crippen LogP) is 5.44. The Kier molecular flexibility index (Phi) is 5.29. The van der Waals surface area contributed by atoms with E-state index in [9.17, 15) is 31.5 Å². The number of carbonyl (C=O) groups excluding carboxylic acids is 2. The second-order valence-corrected chi connectivity index (χ2v) is 7.28. The molecule has 0 bridgehead atoms. The number of H-pyrrole nitrogens is 1. The molecule has 32 heavy (non-hydrogen) atoms. The van der Waals surface area contributed by atoms with Crippen LogP contribution in [0.25, 0.3) is 0 Å². The first-order valence-corrected chi connectivity index (χ1v) is 9.33. The fraction of sp³-hybridized carbons (Fsp3) is 0.100. The van der Waals surface area contributed by atoms with Crippen molar-refractivity contribution < 1.29 is 31.5 Å². The number of urea groups is 1. The van der Waals surface area contributed by atoms with Crippen LogP contribution in [-0.2, 0) is 6.18 Å². The number of benzene rings is 2. The fourth-order valence-corrected chi connectivity index (χ4v) is 3.57. The van der Waals surface area contributed by atoms with Crippen molar-refractivity contribution in [2.24, 2.45) is 0 Å². The van der Waals surface area contributed by atoms with Crippen molar-refractivity contribution in [3.8, 4) is 0 Å². The van der Waals surface area contributed by atoms with Crippen molar-refractivity contribution in [3.63, 3.8) is 0 Å². The molecule has 4 N–H and O–H groups in total.